The van der Waals surface area contributed by atoms with Gasteiger partial charge in [-0.3, -0.25) is 0 Å². The first-order chi connectivity index (χ1) is 11.4. The van der Waals surface area contributed by atoms with Crippen LogP contribution in [0.15, 0.2) is 6.07 Å². The van der Waals surface area contributed by atoms with E-state index in [1.54, 1.807) is 0 Å². The highest BCUT2D eigenvalue weighted by atomic mass is 35.5. The Morgan fingerprint density at radius 1 is 1.15 bits per heavy atom. The quantitative estimate of drug-likeness (QED) is 0.182. The summed E-state index contributed by atoms with van der Waals surface area (Å²) in [5.41, 5.74) is -5.73. The largest absolute Gasteiger partial charge is 0.534 e. The highest BCUT2D eigenvalue weighted by Gasteiger charge is 2.49. The van der Waals surface area contributed by atoms with Gasteiger partial charge in [0.25, 0.3) is 0 Å². The van der Waals surface area contributed by atoms with Crippen LogP contribution in [0.2, 0.25) is 28.2 Å². The predicted molar refractivity (Wildman–Crippen MR) is 94.0 cm³/mol. The van der Waals surface area contributed by atoms with Gasteiger partial charge in [0.15, 0.2) is 19.9 Å². The van der Waals surface area contributed by atoms with Gasteiger partial charge in [-0.2, -0.15) is 21.6 Å². The van der Waals surface area contributed by atoms with Gasteiger partial charge in [-0.1, -0.05) is 44.0 Å². The van der Waals surface area contributed by atoms with Crippen LogP contribution >= 0.6 is 23.2 Å². The third kappa shape index (κ3) is 5.03. The molecule has 0 amide bonds. The fraction of sp³-hybridized carbons (Fsp3) is 0.571. The number of alkyl halides is 3. The topological polar surface area (TPSA) is 52.6 Å². The molecule has 150 valence electrons. The number of benzene rings is 1. The normalized spacial score (nSPS) is 13.8. The lowest BCUT2D eigenvalue weighted by Crippen LogP contribution is -2.40. The van der Waals surface area contributed by atoms with E-state index in [1.165, 1.54) is 0 Å². The molecule has 0 N–H and O–H groups in total. The summed E-state index contributed by atoms with van der Waals surface area (Å²) in [6.45, 7) is 9.60. The maximum absolute atomic E-state index is 14.2. The minimum absolute atomic E-state index is 0.00702. The predicted octanol–water partition coefficient (Wildman–Crippen LogP) is 5.88. The molecule has 4 nitrogen and oxygen atoms in total. The summed E-state index contributed by atoms with van der Waals surface area (Å²) in [4.78, 5) is 0. The lowest BCUT2D eigenvalue weighted by atomic mass is 10.2. The van der Waals surface area contributed by atoms with Crippen LogP contribution in [0.3, 0.4) is 0 Å². The SMILES string of the molecule is CC(C)(C)[Si](C)(C)OCc1c(Cl)cc(OS(=O)(=O)C(F)(F)F)c(F)c1Cl. The summed E-state index contributed by atoms with van der Waals surface area (Å²) in [5.74, 6) is -2.72. The minimum atomic E-state index is -6.06. The van der Waals surface area contributed by atoms with Crippen molar-refractivity contribution in [1.82, 2.24) is 0 Å². The van der Waals surface area contributed by atoms with Crippen molar-refractivity contribution in [3.05, 3.63) is 27.5 Å². The van der Waals surface area contributed by atoms with Crippen LogP contribution in [0, 0.1) is 5.82 Å². The molecule has 0 atom stereocenters. The first-order valence-electron chi connectivity index (χ1n) is 7.22. The van der Waals surface area contributed by atoms with E-state index in [2.05, 4.69) is 4.18 Å². The number of rotatable bonds is 5. The van der Waals surface area contributed by atoms with Gasteiger partial charge in [0.1, 0.15) is 0 Å². The fourth-order valence-corrected chi connectivity index (χ4v) is 3.37. The maximum Gasteiger partial charge on any atom is 0.534 e. The van der Waals surface area contributed by atoms with Gasteiger partial charge >= 0.3 is 15.6 Å². The Morgan fingerprint density at radius 3 is 2.08 bits per heavy atom. The Kier molecular flexibility index (Phi) is 6.74. The smallest absolute Gasteiger partial charge is 0.412 e. The van der Waals surface area contributed by atoms with E-state index in [9.17, 15) is 26.0 Å². The van der Waals surface area contributed by atoms with Crippen molar-refractivity contribution in [2.24, 2.45) is 0 Å². The molecule has 0 aliphatic rings. The average Bonchev–Trinajstić information content (AvgIpc) is 2.41. The summed E-state index contributed by atoms with van der Waals surface area (Å²) < 4.78 is 83.1. The molecule has 0 aliphatic carbocycles. The highest BCUT2D eigenvalue weighted by Crippen LogP contribution is 2.40. The number of hydrogen-bond acceptors (Lipinski definition) is 4. The van der Waals surface area contributed by atoms with Gasteiger partial charge in [-0.05, 0) is 18.1 Å². The Balaban J connectivity index is 3.21. The molecular formula is C14H18Cl2F4O4SSi. The summed E-state index contributed by atoms with van der Waals surface area (Å²) in [7, 11) is -8.30. The second-order valence-electron chi connectivity index (χ2n) is 7.00. The molecule has 0 aliphatic heterocycles. The molecule has 0 heterocycles. The minimum Gasteiger partial charge on any atom is -0.412 e. The monoisotopic (exact) mass is 456 g/mol. The number of halogens is 6. The Bertz CT molecular complexity index is 790. The molecule has 0 spiro atoms. The van der Waals surface area contributed by atoms with Crippen LogP contribution in [0.25, 0.3) is 0 Å². The van der Waals surface area contributed by atoms with Gasteiger partial charge in [0.05, 0.1) is 16.7 Å². The van der Waals surface area contributed by atoms with Crippen molar-refractivity contribution >= 4 is 41.6 Å². The summed E-state index contributed by atoms with van der Waals surface area (Å²) in [5, 5.41) is -1.10. The van der Waals surface area contributed by atoms with Crippen molar-refractivity contribution in [3.8, 4) is 5.75 Å². The Labute approximate surface area is 160 Å². The van der Waals surface area contributed by atoms with Crippen LogP contribution in [-0.4, -0.2) is 22.2 Å². The third-order valence-electron chi connectivity index (χ3n) is 4.09. The molecule has 1 aromatic carbocycles. The molecule has 0 radical (unpaired) electrons. The van der Waals surface area contributed by atoms with Gasteiger partial charge in [-0.15, -0.1) is 0 Å². The van der Waals surface area contributed by atoms with Crippen LogP contribution in [-0.2, 0) is 21.2 Å². The molecule has 1 rings (SSSR count). The molecule has 1 aromatic rings. The van der Waals surface area contributed by atoms with E-state index in [0.717, 1.165) is 0 Å². The van der Waals surface area contributed by atoms with E-state index in [4.69, 9.17) is 27.6 Å². The van der Waals surface area contributed by atoms with E-state index in [-0.39, 0.29) is 22.2 Å². The second-order valence-corrected chi connectivity index (χ2v) is 14.1. The molecule has 0 fully saturated rings. The summed E-state index contributed by atoms with van der Waals surface area (Å²) in [6, 6.07) is 0.621. The second kappa shape index (κ2) is 7.46. The molecule has 0 unspecified atom stereocenters. The van der Waals surface area contributed by atoms with E-state index in [0.29, 0.717) is 6.07 Å². The van der Waals surface area contributed by atoms with Crippen molar-refractivity contribution in [2.75, 3.05) is 0 Å². The van der Waals surface area contributed by atoms with Crippen molar-refractivity contribution < 1.29 is 34.6 Å². The van der Waals surface area contributed by atoms with Crippen LogP contribution in [0.4, 0.5) is 17.6 Å². The van der Waals surface area contributed by atoms with Crippen LogP contribution in [0.5, 0.6) is 5.75 Å². The van der Waals surface area contributed by atoms with Gasteiger partial charge in [0.2, 0.25) is 0 Å². The molecule has 26 heavy (non-hydrogen) atoms. The zero-order valence-corrected chi connectivity index (χ0v) is 17.9. The first kappa shape index (κ1) is 23.5. The molecule has 0 saturated carbocycles. The Hall–Kier alpha value is -0.553. The molecule has 12 heteroatoms. The first-order valence-corrected chi connectivity index (χ1v) is 12.3. The molecule has 0 saturated heterocycles. The van der Waals surface area contributed by atoms with Gasteiger partial charge in [-0.25, -0.2) is 4.39 Å². The highest BCUT2D eigenvalue weighted by molar-refractivity contribution is 7.88. The lowest BCUT2D eigenvalue weighted by molar-refractivity contribution is -0.0500. The standard InChI is InChI=1S/C14H18Cl2F4O4SSi/c1-13(2,3)26(4,5)23-7-8-9(15)6-10(12(17)11(8)16)24-25(21,22)14(18,19)20/h6H,7H2,1-5H3. The van der Waals surface area contributed by atoms with E-state index in [1.807, 2.05) is 33.9 Å². The summed E-state index contributed by atoms with van der Waals surface area (Å²) >= 11 is 11.7. The molecular weight excluding hydrogens is 439 g/mol. The lowest BCUT2D eigenvalue weighted by Gasteiger charge is -2.36. The maximum atomic E-state index is 14.2. The Morgan fingerprint density at radius 2 is 1.65 bits per heavy atom. The van der Waals surface area contributed by atoms with Crippen LogP contribution < -0.4 is 4.18 Å². The van der Waals surface area contributed by atoms with Crippen molar-refractivity contribution in [3.63, 3.8) is 0 Å². The molecule has 0 bridgehead atoms. The summed E-state index contributed by atoms with van der Waals surface area (Å²) in [6.07, 6.45) is 0. The van der Waals surface area contributed by atoms with E-state index >= 15 is 0 Å². The van der Waals surface area contributed by atoms with Gasteiger partial charge in [0, 0.05) is 11.6 Å². The van der Waals surface area contributed by atoms with Crippen molar-refractivity contribution in [1.29, 1.82) is 0 Å². The third-order valence-corrected chi connectivity index (χ3v) is 10.3. The van der Waals surface area contributed by atoms with E-state index < -0.39 is 40.5 Å². The van der Waals surface area contributed by atoms with Gasteiger partial charge < -0.3 is 8.61 Å². The van der Waals surface area contributed by atoms with Crippen molar-refractivity contribution in [2.45, 2.75) is 51.0 Å². The fourth-order valence-electron chi connectivity index (χ4n) is 1.44. The average molecular weight is 457 g/mol. The number of hydrogen-bond donors (Lipinski definition) is 0. The zero-order valence-electron chi connectivity index (χ0n) is 14.6. The molecule has 0 aromatic heterocycles. The zero-order chi connectivity index (χ0) is 20.7. The van der Waals surface area contributed by atoms with Crippen LogP contribution in [0.1, 0.15) is 26.3 Å².